The first-order valence-electron chi connectivity index (χ1n) is 15.3. The first-order valence-corrected chi connectivity index (χ1v) is 15.3. The van der Waals surface area contributed by atoms with Crippen LogP contribution < -0.4 is 18.9 Å². The van der Waals surface area contributed by atoms with Gasteiger partial charge in [0, 0.05) is 19.1 Å². The highest BCUT2D eigenvalue weighted by molar-refractivity contribution is 5.91. The van der Waals surface area contributed by atoms with Crippen LogP contribution in [0.4, 0.5) is 4.79 Å². The number of hydrogen-bond donors (Lipinski definition) is 0. The van der Waals surface area contributed by atoms with E-state index in [4.69, 9.17) is 33.2 Å². The second-order valence-corrected chi connectivity index (χ2v) is 10.00. The Kier molecular flexibility index (Phi) is 18.1. The lowest BCUT2D eigenvalue weighted by molar-refractivity contribution is -0.138. The summed E-state index contributed by atoms with van der Waals surface area (Å²) in [6.45, 7) is 11.1. The monoisotopic (exact) mass is 676 g/mol. The maximum atomic E-state index is 12.1. The van der Waals surface area contributed by atoms with Crippen LogP contribution in [-0.2, 0) is 28.6 Å². The first-order chi connectivity index (χ1) is 23.6. The highest BCUT2D eigenvalue weighted by atomic mass is 16.7. The van der Waals surface area contributed by atoms with Gasteiger partial charge in [-0.25, -0.2) is 19.2 Å². The zero-order chi connectivity index (χ0) is 35.9. The molecule has 0 fully saturated rings. The van der Waals surface area contributed by atoms with E-state index in [2.05, 4.69) is 13.2 Å². The number of esters is 4. The summed E-state index contributed by atoms with van der Waals surface area (Å²) < 4.78 is 35.2. The van der Waals surface area contributed by atoms with E-state index in [1.165, 1.54) is 31.2 Å². The number of hydrogen-bond acceptors (Lipinski definition) is 12. The van der Waals surface area contributed by atoms with Crippen LogP contribution in [0.5, 0.6) is 23.0 Å². The zero-order valence-electron chi connectivity index (χ0n) is 27.6. The molecule has 0 N–H and O–H groups in total. The van der Waals surface area contributed by atoms with E-state index in [9.17, 15) is 24.0 Å². The van der Waals surface area contributed by atoms with E-state index in [-0.39, 0.29) is 19.0 Å². The molecule has 12 nitrogen and oxygen atoms in total. The predicted molar refractivity (Wildman–Crippen MR) is 179 cm³/mol. The molecule has 0 bridgehead atoms. The fourth-order valence-electron chi connectivity index (χ4n) is 3.54. The topological polar surface area (TPSA) is 150 Å². The lowest BCUT2D eigenvalue weighted by atomic mass is 10.2. The van der Waals surface area contributed by atoms with E-state index < -0.39 is 30.0 Å². The summed E-state index contributed by atoms with van der Waals surface area (Å²) in [7, 11) is 0. The van der Waals surface area contributed by atoms with Crippen molar-refractivity contribution in [2.24, 2.45) is 0 Å². The number of carbonyl (C=O) groups is 5. The quantitative estimate of drug-likeness (QED) is 0.0372. The van der Waals surface area contributed by atoms with Gasteiger partial charge in [0.25, 0.3) is 0 Å². The summed E-state index contributed by atoms with van der Waals surface area (Å²) in [4.78, 5) is 55.9. The molecule has 3 rings (SSSR count). The van der Waals surface area contributed by atoms with Crippen LogP contribution in [0, 0.1) is 6.92 Å². The second-order valence-electron chi connectivity index (χ2n) is 10.00. The summed E-state index contributed by atoms with van der Waals surface area (Å²) in [6, 6.07) is 20.0. The normalized spacial score (nSPS) is 9.84. The number of aryl methyl sites for hydroxylation is 1. The molecule has 0 heterocycles. The van der Waals surface area contributed by atoms with Gasteiger partial charge < -0.3 is 33.2 Å². The molecule has 0 amide bonds. The number of ether oxygens (including phenoxy) is 7. The average Bonchev–Trinajstić information content (AvgIpc) is 3.09. The molecule has 0 spiro atoms. The molecule has 3 aromatic rings. The van der Waals surface area contributed by atoms with Crippen LogP contribution in [0.25, 0.3) is 0 Å². The van der Waals surface area contributed by atoms with Gasteiger partial charge in [-0.1, -0.05) is 30.9 Å². The van der Waals surface area contributed by atoms with Gasteiger partial charge in [0.2, 0.25) is 0 Å². The number of carbonyl (C=O) groups excluding carboxylic acids is 5. The number of benzene rings is 3. The van der Waals surface area contributed by atoms with Gasteiger partial charge in [-0.15, -0.1) is 0 Å². The Morgan fingerprint density at radius 1 is 0.551 bits per heavy atom. The minimum Gasteiger partial charge on any atom is -0.494 e. The maximum Gasteiger partial charge on any atom is 0.513 e. The minimum atomic E-state index is -0.840. The SMILES string of the molecule is C=CC(=O)OCCCCOC(=O)Oc1ccc(OC(C)=O)cc1.C=CC(=O)OCCCCOc1ccc(C(=O)Oc2ccc(C)cc2)cc1. The van der Waals surface area contributed by atoms with E-state index in [1.807, 2.05) is 19.1 Å². The maximum absolute atomic E-state index is 12.1. The third-order valence-corrected chi connectivity index (χ3v) is 6.00. The molecule has 12 heteroatoms. The summed E-state index contributed by atoms with van der Waals surface area (Å²) in [5, 5.41) is 0. The molecular weight excluding hydrogens is 636 g/mol. The largest absolute Gasteiger partial charge is 0.513 e. The lowest BCUT2D eigenvalue weighted by Crippen LogP contribution is -2.12. The van der Waals surface area contributed by atoms with E-state index >= 15 is 0 Å². The number of unbranched alkanes of at least 4 members (excludes halogenated alkanes) is 2. The average molecular weight is 677 g/mol. The molecule has 0 unspecified atom stereocenters. The molecule has 3 aromatic carbocycles. The van der Waals surface area contributed by atoms with Crippen molar-refractivity contribution < 1.29 is 57.1 Å². The molecule has 0 atom stereocenters. The molecule has 0 aliphatic rings. The van der Waals surface area contributed by atoms with Gasteiger partial charge >= 0.3 is 30.0 Å². The van der Waals surface area contributed by atoms with Crippen LogP contribution in [0.2, 0.25) is 0 Å². The smallest absolute Gasteiger partial charge is 0.494 e. The third-order valence-electron chi connectivity index (χ3n) is 6.00. The van der Waals surface area contributed by atoms with Crippen molar-refractivity contribution in [3.63, 3.8) is 0 Å². The summed E-state index contributed by atoms with van der Waals surface area (Å²) in [5.41, 5.74) is 1.56. The Balaban J connectivity index is 0.000000343. The molecule has 260 valence electrons. The van der Waals surface area contributed by atoms with Crippen molar-refractivity contribution in [2.75, 3.05) is 26.4 Å². The van der Waals surface area contributed by atoms with E-state index in [0.29, 0.717) is 55.3 Å². The molecule has 0 aliphatic carbocycles. The Labute approximate surface area is 285 Å². The van der Waals surface area contributed by atoms with Gasteiger partial charge in [0.05, 0.1) is 32.0 Å². The Bertz CT molecular complexity index is 1510. The standard InChI is InChI=1S/C21H22O5.C16H18O7/c1-3-20(22)25-15-5-4-14-24-18-12-8-17(9-13-18)21(23)26-19-10-6-16(2)7-11-19;1-3-15(18)20-10-4-5-11-21-16(19)23-14-8-6-13(7-9-14)22-12(2)17/h3,6-13H,1,4-5,14-15H2,2H3;3,6-9H,1,4-5,10-11H2,2H3. The van der Waals surface area contributed by atoms with Gasteiger partial charge in [-0.2, -0.15) is 0 Å². The zero-order valence-corrected chi connectivity index (χ0v) is 27.6. The lowest BCUT2D eigenvalue weighted by Gasteiger charge is -2.08. The third kappa shape index (κ3) is 17.5. The fourth-order valence-corrected chi connectivity index (χ4v) is 3.54. The Hall–Kier alpha value is -5.91. The van der Waals surface area contributed by atoms with Gasteiger partial charge in [-0.05, 0) is 93.3 Å². The van der Waals surface area contributed by atoms with Gasteiger partial charge in [0.1, 0.15) is 23.0 Å². The summed E-state index contributed by atoms with van der Waals surface area (Å²) >= 11 is 0. The minimum absolute atomic E-state index is 0.149. The van der Waals surface area contributed by atoms with Crippen LogP contribution in [0.1, 0.15) is 48.5 Å². The highest BCUT2D eigenvalue weighted by Crippen LogP contribution is 2.19. The van der Waals surface area contributed by atoms with Gasteiger partial charge in [-0.3, -0.25) is 4.79 Å². The Morgan fingerprint density at radius 3 is 1.49 bits per heavy atom. The number of rotatable bonds is 17. The van der Waals surface area contributed by atoms with Crippen LogP contribution in [0.15, 0.2) is 98.1 Å². The summed E-state index contributed by atoms with van der Waals surface area (Å²) in [6.07, 6.45) is 3.94. The second kappa shape index (κ2) is 22.6. The first kappa shape index (κ1) is 39.3. The van der Waals surface area contributed by atoms with Gasteiger partial charge in [0.15, 0.2) is 0 Å². The molecule has 49 heavy (non-hydrogen) atoms. The van der Waals surface area contributed by atoms with Crippen molar-refractivity contribution >= 4 is 30.0 Å². The van der Waals surface area contributed by atoms with E-state index in [1.54, 1.807) is 36.4 Å². The van der Waals surface area contributed by atoms with Crippen molar-refractivity contribution in [3.05, 3.63) is 109 Å². The van der Waals surface area contributed by atoms with Crippen molar-refractivity contribution in [1.29, 1.82) is 0 Å². The predicted octanol–water partition coefficient (Wildman–Crippen LogP) is 6.74. The van der Waals surface area contributed by atoms with Crippen molar-refractivity contribution in [1.82, 2.24) is 0 Å². The fraction of sp³-hybridized carbons (Fsp3) is 0.270. The van der Waals surface area contributed by atoms with Crippen LogP contribution in [0.3, 0.4) is 0 Å². The van der Waals surface area contributed by atoms with Crippen molar-refractivity contribution in [3.8, 4) is 23.0 Å². The molecule has 0 saturated heterocycles. The van der Waals surface area contributed by atoms with Crippen molar-refractivity contribution in [2.45, 2.75) is 39.5 Å². The Morgan fingerprint density at radius 2 is 0.980 bits per heavy atom. The van der Waals surface area contributed by atoms with Crippen LogP contribution >= 0.6 is 0 Å². The molecule has 0 aromatic heterocycles. The van der Waals surface area contributed by atoms with E-state index in [0.717, 1.165) is 24.1 Å². The van der Waals surface area contributed by atoms with Crippen LogP contribution in [-0.4, -0.2) is 56.5 Å². The molecule has 0 aliphatic heterocycles. The molecular formula is C37H40O12. The highest BCUT2D eigenvalue weighted by Gasteiger charge is 2.09. The summed E-state index contributed by atoms with van der Waals surface area (Å²) in [5.74, 6) is 0.0546. The molecule has 0 saturated carbocycles. The molecule has 0 radical (unpaired) electrons.